The van der Waals surface area contributed by atoms with Gasteiger partial charge in [-0.2, -0.15) is 0 Å². The van der Waals surface area contributed by atoms with Crippen LogP contribution in [0.1, 0.15) is 17.0 Å². The van der Waals surface area contributed by atoms with Crippen LogP contribution in [0.2, 0.25) is 0 Å². The van der Waals surface area contributed by atoms with Crippen molar-refractivity contribution in [2.75, 3.05) is 24.8 Å². The molecule has 1 aromatic heterocycles. The molecular weight excluding hydrogens is 390 g/mol. The van der Waals surface area contributed by atoms with Gasteiger partial charge in [-0.1, -0.05) is 30.3 Å². The van der Waals surface area contributed by atoms with Gasteiger partial charge in [-0.05, 0) is 29.8 Å². The van der Waals surface area contributed by atoms with Crippen LogP contribution in [0.3, 0.4) is 0 Å². The normalized spacial score (nSPS) is 20.4. The van der Waals surface area contributed by atoms with Gasteiger partial charge in [0.2, 0.25) is 6.79 Å². The Morgan fingerprint density at radius 1 is 0.903 bits per heavy atom. The molecule has 0 saturated carbocycles. The van der Waals surface area contributed by atoms with Gasteiger partial charge < -0.3 is 23.7 Å². The standard InChI is InChI=1S/C25H21N3O3/c1-27-20-9-5-3-7-18(20)26-24(27)12-28-13-25(16-6-2-4-8-19(16)28)14-29-21-11-23-22(10-17(21)25)30-15-31-23/h2-11H,12-15H2,1H3. The number of hydrogen-bond donors (Lipinski definition) is 0. The van der Waals surface area contributed by atoms with Crippen LogP contribution in [0.15, 0.2) is 60.7 Å². The minimum absolute atomic E-state index is 0.225. The van der Waals surface area contributed by atoms with Crippen molar-refractivity contribution in [3.63, 3.8) is 0 Å². The molecule has 31 heavy (non-hydrogen) atoms. The fraction of sp³-hybridized carbons (Fsp3) is 0.240. The van der Waals surface area contributed by atoms with Gasteiger partial charge in [-0.15, -0.1) is 0 Å². The molecule has 3 aromatic carbocycles. The Balaban J connectivity index is 1.33. The predicted molar refractivity (Wildman–Crippen MR) is 117 cm³/mol. The van der Waals surface area contributed by atoms with Crippen molar-refractivity contribution in [3.8, 4) is 17.2 Å². The lowest BCUT2D eigenvalue weighted by molar-refractivity contribution is 0.173. The molecule has 0 fully saturated rings. The third kappa shape index (κ3) is 2.24. The molecule has 0 amide bonds. The van der Waals surface area contributed by atoms with Crippen LogP contribution in [0.5, 0.6) is 17.2 Å². The lowest BCUT2D eigenvalue weighted by Crippen LogP contribution is -2.36. The Bertz CT molecular complexity index is 1360. The van der Waals surface area contributed by atoms with Gasteiger partial charge in [-0.25, -0.2) is 4.98 Å². The molecule has 6 nitrogen and oxygen atoms in total. The van der Waals surface area contributed by atoms with E-state index in [2.05, 4.69) is 65.0 Å². The number of ether oxygens (including phenoxy) is 3. The molecule has 0 N–H and O–H groups in total. The van der Waals surface area contributed by atoms with E-state index in [9.17, 15) is 0 Å². The van der Waals surface area contributed by atoms with Crippen molar-refractivity contribution in [1.29, 1.82) is 0 Å². The zero-order chi connectivity index (χ0) is 20.6. The van der Waals surface area contributed by atoms with Crippen molar-refractivity contribution in [2.45, 2.75) is 12.0 Å². The first-order valence-electron chi connectivity index (χ1n) is 10.5. The summed E-state index contributed by atoms with van der Waals surface area (Å²) < 4.78 is 19.6. The van der Waals surface area contributed by atoms with E-state index in [0.717, 1.165) is 47.2 Å². The highest BCUT2D eigenvalue weighted by Crippen LogP contribution is 2.54. The van der Waals surface area contributed by atoms with Gasteiger partial charge in [0.25, 0.3) is 0 Å². The summed E-state index contributed by atoms with van der Waals surface area (Å²) in [6.07, 6.45) is 0. The number of aromatic nitrogens is 2. The molecule has 0 radical (unpaired) electrons. The van der Waals surface area contributed by atoms with Crippen LogP contribution >= 0.6 is 0 Å². The van der Waals surface area contributed by atoms with E-state index in [1.807, 2.05) is 12.1 Å². The molecule has 0 bridgehead atoms. The second-order valence-electron chi connectivity index (χ2n) is 8.52. The van der Waals surface area contributed by atoms with E-state index in [0.29, 0.717) is 6.61 Å². The lowest BCUT2D eigenvalue weighted by atomic mass is 9.77. The molecular formula is C25H21N3O3. The minimum atomic E-state index is -0.225. The van der Waals surface area contributed by atoms with E-state index >= 15 is 0 Å². The Labute approximate surface area is 179 Å². The number of anilines is 1. The molecule has 0 saturated heterocycles. The summed E-state index contributed by atoms with van der Waals surface area (Å²) in [5.74, 6) is 3.51. The van der Waals surface area contributed by atoms with Crippen molar-refractivity contribution in [2.24, 2.45) is 7.05 Å². The first-order chi connectivity index (χ1) is 15.2. The summed E-state index contributed by atoms with van der Waals surface area (Å²) in [5, 5.41) is 0. The largest absolute Gasteiger partial charge is 0.492 e. The molecule has 3 aliphatic heterocycles. The van der Waals surface area contributed by atoms with E-state index in [-0.39, 0.29) is 12.2 Å². The first kappa shape index (κ1) is 17.1. The number of imidazole rings is 1. The number of nitrogens with zero attached hydrogens (tertiary/aromatic N) is 3. The molecule has 1 unspecified atom stereocenters. The Hall–Kier alpha value is -3.67. The highest BCUT2D eigenvalue weighted by molar-refractivity contribution is 5.76. The van der Waals surface area contributed by atoms with Crippen LogP contribution in [-0.2, 0) is 19.0 Å². The zero-order valence-electron chi connectivity index (χ0n) is 17.2. The number of benzene rings is 3. The number of fused-ring (bicyclic) bond motifs is 6. The maximum atomic E-state index is 6.21. The molecule has 1 atom stereocenters. The summed E-state index contributed by atoms with van der Waals surface area (Å²) in [6.45, 7) is 2.45. The van der Waals surface area contributed by atoms with Gasteiger partial charge in [0.1, 0.15) is 18.2 Å². The molecule has 0 aliphatic carbocycles. The highest BCUT2D eigenvalue weighted by atomic mass is 16.7. The Morgan fingerprint density at radius 3 is 2.61 bits per heavy atom. The average Bonchev–Trinajstić information content (AvgIpc) is 3.55. The summed E-state index contributed by atoms with van der Waals surface area (Å²) in [4.78, 5) is 7.34. The quantitative estimate of drug-likeness (QED) is 0.499. The van der Waals surface area contributed by atoms with Gasteiger partial charge in [-0.3, -0.25) is 0 Å². The molecule has 4 aromatic rings. The third-order valence-electron chi connectivity index (χ3n) is 6.90. The molecule has 7 rings (SSSR count). The third-order valence-corrected chi connectivity index (χ3v) is 6.90. The molecule has 154 valence electrons. The molecule has 3 aliphatic rings. The maximum Gasteiger partial charge on any atom is 0.231 e. The fourth-order valence-corrected chi connectivity index (χ4v) is 5.35. The second kappa shape index (κ2) is 5.94. The summed E-state index contributed by atoms with van der Waals surface area (Å²) in [6, 6.07) is 21.0. The number of rotatable bonds is 2. The Kier molecular flexibility index (Phi) is 3.27. The van der Waals surface area contributed by atoms with Gasteiger partial charge in [0, 0.05) is 30.9 Å². The van der Waals surface area contributed by atoms with Gasteiger partial charge in [0.05, 0.1) is 23.0 Å². The van der Waals surface area contributed by atoms with Crippen molar-refractivity contribution in [1.82, 2.24) is 9.55 Å². The number of para-hydroxylation sites is 3. The van der Waals surface area contributed by atoms with Crippen LogP contribution < -0.4 is 19.1 Å². The summed E-state index contributed by atoms with van der Waals surface area (Å²) in [7, 11) is 2.09. The first-order valence-corrected chi connectivity index (χ1v) is 10.5. The van der Waals surface area contributed by atoms with Gasteiger partial charge >= 0.3 is 0 Å². The molecule has 1 spiro atoms. The topological polar surface area (TPSA) is 48.8 Å². The minimum Gasteiger partial charge on any atom is -0.492 e. The SMILES string of the molecule is Cn1c(CN2CC3(COc4cc5c(cc43)OCO5)c3ccccc32)nc2ccccc21. The number of hydrogen-bond acceptors (Lipinski definition) is 5. The van der Waals surface area contributed by atoms with Crippen molar-refractivity contribution >= 4 is 16.7 Å². The summed E-state index contributed by atoms with van der Waals surface area (Å²) in [5.41, 5.74) is 5.68. The van der Waals surface area contributed by atoms with Gasteiger partial charge in [0.15, 0.2) is 11.5 Å². The van der Waals surface area contributed by atoms with E-state index in [1.165, 1.54) is 16.8 Å². The predicted octanol–water partition coefficient (Wildman–Crippen LogP) is 4.00. The lowest BCUT2D eigenvalue weighted by Gasteiger charge is -2.25. The maximum absolute atomic E-state index is 6.21. The summed E-state index contributed by atoms with van der Waals surface area (Å²) >= 11 is 0. The van der Waals surface area contributed by atoms with Crippen LogP contribution in [-0.4, -0.2) is 29.5 Å². The van der Waals surface area contributed by atoms with Crippen molar-refractivity contribution in [3.05, 3.63) is 77.6 Å². The average molecular weight is 411 g/mol. The van der Waals surface area contributed by atoms with Crippen LogP contribution in [0.4, 0.5) is 5.69 Å². The fourth-order valence-electron chi connectivity index (χ4n) is 5.35. The van der Waals surface area contributed by atoms with E-state index in [4.69, 9.17) is 19.2 Å². The zero-order valence-corrected chi connectivity index (χ0v) is 17.2. The molecule has 6 heteroatoms. The van der Waals surface area contributed by atoms with E-state index in [1.54, 1.807) is 0 Å². The van der Waals surface area contributed by atoms with E-state index < -0.39 is 0 Å². The molecule has 4 heterocycles. The van der Waals surface area contributed by atoms with Crippen molar-refractivity contribution < 1.29 is 14.2 Å². The van der Waals surface area contributed by atoms with Crippen LogP contribution in [0, 0.1) is 0 Å². The number of aryl methyl sites for hydroxylation is 1. The Morgan fingerprint density at radius 2 is 1.71 bits per heavy atom. The van der Waals surface area contributed by atoms with Crippen LogP contribution in [0.25, 0.3) is 11.0 Å². The monoisotopic (exact) mass is 411 g/mol. The smallest absolute Gasteiger partial charge is 0.231 e. The highest BCUT2D eigenvalue weighted by Gasteiger charge is 2.50. The second-order valence-corrected chi connectivity index (χ2v) is 8.52.